The molecule has 0 aliphatic rings. The number of hydrogen-bond acceptors (Lipinski definition) is 5. The van der Waals surface area contributed by atoms with Gasteiger partial charge in [0.2, 0.25) is 0 Å². The maximum absolute atomic E-state index is 5.59. The summed E-state index contributed by atoms with van der Waals surface area (Å²) < 4.78 is 1.94. The van der Waals surface area contributed by atoms with Crippen LogP contribution in [-0.2, 0) is 19.3 Å². The van der Waals surface area contributed by atoms with Gasteiger partial charge in [-0.15, -0.1) is 10.2 Å². The summed E-state index contributed by atoms with van der Waals surface area (Å²) in [4.78, 5) is 4.32. The summed E-state index contributed by atoms with van der Waals surface area (Å²) in [5.41, 5.74) is 7.86. The van der Waals surface area contributed by atoms with Gasteiger partial charge in [-0.2, -0.15) is 0 Å². The minimum absolute atomic E-state index is 0.408. The second kappa shape index (κ2) is 5.60. The van der Waals surface area contributed by atoms with Crippen molar-refractivity contribution in [1.82, 2.24) is 19.7 Å². The average Bonchev–Trinajstić information content (AvgIpc) is 2.85. The molecule has 0 radical (unpaired) electrons. The zero-order chi connectivity index (χ0) is 13.9. The third-order valence-corrected chi connectivity index (χ3v) is 4.23. The van der Waals surface area contributed by atoms with Crippen molar-refractivity contribution in [2.75, 3.05) is 0 Å². The molecule has 0 aliphatic heterocycles. The van der Waals surface area contributed by atoms with Crippen LogP contribution in [0.2, 0.25) is 0 Å². The molecular weight excluding hydrogens is 270 g/mol. The third-order valence-electron chi connectivity index (χ3n) is 3.14. The van der Waals surface area contributed by atoms with Crippen LogP contribution in [0, 0.1) is 0 Å². The van der Waals surface area contributed by atoms with Gasteiger partial charge in [0.15, 0.2) is 5.16 Å². The predicted molar refractivity (Wildman–Crippen MR) is 80.2 cm³/mol. The third kappa shape index (κ3) is 2.52. The van der Waals surface area contributed by atoms with Crippen LogP contribution in [0.3, 0.4) is 0 Å². The van der Waals surface area contributed by atoms with Gasteiger partial charge >= 0.3 is 0 Å². The molecule has 0 unspecified atom stereocenters. The molecule has 6 heteroatoms. The molecule has 0 spiro atoms. The van der Waals surface area contributed by atoms with E-state index in [-0.39, 0.29) is 0 Å². The van der Waals surface area contributed by atoms with Crippen LogP contribution >= 0.6 is 11.8 Å². The summed E-state index contributed by atoms with van der Waals surface area (Å²) >= 11 is 1.66. The first-order valence-electron chi connectivity index (χ1n) is 6.32. The molecule has 0 atom stereocenters. The monoisotopic (exact) mass is 285 g/mol. The Balaban J connectivity index is 1.77. The summed E-state index contributed by atoms with van der Waals surface area (Å²) in [5, 5.41) is 10.2. The van der Waals surface area contributed by atoms with E-state index in [1.54, 1.807) is 11.8 Å². The number of rotatable bonds is 4. The first-order valence-corrected chi connectivity index (χ1v) is 7.31. The lowest BCUT2D eigenvalue weighted by atomic mass is 10.1. The summed E-state index contributed by atoms with van der Waals surface area (Å²) in [6.07, 6.45) is 1.81. The molecule has 0 amide bonds. The van der Waals surface area contributed by atoms with Crippen LogP contribution in [0.1, 0.15) is 11.4 Å². The number of pyridine rings is 1. The van der Waals surface area contributed by atoms with Gasteiger partial charge < -0.3 is 10.3 Å². The molecule has 0 saturated carbocycles. The molecule has 3 rings (SSSR count). The normalized spacial score (nSPS) is 11.1. The van der Waals surface area contributed by atoms with Crippen molar-refractivity contribution < 1.29 is 0 Å². The first-order chi connectivity index (χ1) is 9.78. The number of aromatic nitrogens is 4. The lowest BCUT2D eigenvalue weighted by Gasteiger charge is -2.04. The average molecular weight is 285 g/mol. The van der Waals surface area contributed by atoms with Crippen LogP contribution in [-0.4, -0.2) is 19.7 Å². The van der Waals surface area contributed by atoms with Gasteiger partial charge in [0.1, 0.15) is 5.82 Å². The molecule has 2 aromatic heterocycles. The van der Waals surface area contributed by atoms with Gasteiger partial charge in [-0.1, -0.05) is 23.9 Å². The molecule has 1 aromatic carbocycles. The van der Waals surface area contributed by atoms with Crippen LogP contribution in [0.4, 0.5) is 0 Å². The Morgan fingerprint density at radius 1 is 1.25 bits per heavy atom. The fourth-order valence-corrected chi connectivity index (χ4v) is 2.88. The zero-order valence-corrected chi connectivity index (χ0v) is 12.0. The van der Waals surface area contributed by atoms with Crippen molar-refractivity contribution in [2.24, 2.45) is 12.8 Å². The zero-order valence-electron chi connectivity index (χ0n) is 11.2. The van der Waals surface area contributed by atoms with E-state index in [2.05, 4.69) is 33.4 Å². The molecule has 0 bridgehead atoms. The van der Waals surface area contributed by atoms with Gasteiger partial charge in [-0.25, -0.2) is 0 Å². The van der Waals surface area contributed by atoms with E-state index in [0.29, 0.717) is 6.54 Å². The van der Waals surface area contributed by atoms with E-state index in [0.717, 1.165) is 27.6 Å². The molecule has 3 aromatic rings. The van der Waals surface area contributed by atoms with Crippen molar-refractivity contribution in [3.8, 4) is 0 Å². The highest BCUT2D eigenvalue weighted by molar-refractivity contribution is 7.98. The molecule has 2 N–H and O–H groups in total. The van der Waals surface area contributed by atoms with Crippen molar-refractivity contribution in [1.29, 1.82) is 0 Å². The maximum atomic E-state index is 5.59. The van der Waals surface area contributed by atoms with Gasteiger partial charge in [-0.05, 0) is 23.8 Å². The largest absolute Gasteiger partial charge is 0.324 e. The highest BCUT2D eigenvalue weighted by Gasteiger charge is 2.08. The van der Waals surface area contributed by atoms with E-state index in [9.17, 15) is 0 Å². The fraction of sp³-hybridized carbons (Fsp3) is 0.214. The summed E-state index contributed by atoms with van der Waals surface area (Å²) in [5.74, 6) is 1.65. The van der Waals surface area contributed by atoms with Crippen molar-refractivity contribution in [3.05, 3.63) is 47.9 Å². The van der Waals surface area contributed by atoms with Crippen LogP contribution in [0.25, 0.3) is 10.9 Å². The topological polar surface area (TPSA) is 69.6 Å². The van der Waals surface area contributed by atoms with Crippen LogP contribution in [0.5, 0.6) is 0 Å². The van der Waals surface area contributed by atoms with Crippen LogP contribution in [0.15, 0.2) is 41.7 Å². The Morgan fingerprint density at radius 3 is 2.95 bits per heavy atom. The number of fused-ring (bicyclic) bond motifs is 1. The Bertz CT molecular complexity index is 737. The highest BCUT2D eigenvalue weighted by Crippen LogP contribution is 2.23. The molecule has 102 valence electrons. The SMILES string of the molecule is Cn1c(CN)nnc1SCc1ccc2ncccc2c1. The van der Waals surface area contributed by atoms with Crippen LogP contribution < -0.4 is 5.73 Å². The Labute approximate surface area is 121 Å². The van der Waals surface area contributed by atoms with Crippen molar-refractivity contribution >= 4 is 22.7 Å². The lowest BCUT2D eigenvalue weighted by Crippen LogP contribution is -2.05. The Hall–Kier alpha value is -1.92. The molecule has 0 saturated heterocycles. The highest BCUT2D eigenvalue weighted by atomic mass is 32.2. The summed E-state index contributed by atoms with van der Waals surface area (Å²) in [6.45, 7) is 0.408. The van der Waals surface area contributed by atoms with Gasteiger partial charge in [-0.3, -0.25) is 4.98 Å². The van der Waals surface area contributed by atoms with E-state index < -0.39 is 0 Å². The van der Waals surface area contributed by atoms with E-state index in [1.807, 2.05) is 29.9 Å². The first kappa shape index (κ1) is 13.1. The number of hydrogen-bond donors (Lipinski definition) is 1. The Kier molecular flexibility index (Phi) is 3.66. The summed E-state index contributed by atoms with van der Waals surface area (Å²) in [7, 11) is 1.94. The molecule has 2 heterocycles. The van der Waals surface area contributed by atoms with Gasteiger partial charge in [0.25, 0.3) is 0 Å². The molecule has 0 aliphatic carbocycles. The van der Waals surface area contributed by atoms with Gasteiger partial charge in [0, 0.05) is 24.4 Å². The molecular formula is C14H15N5S. The molecule has 0 fully saturated rings. The molecule has 5 nitrogen and oxygen atoms in total. The minimum atomic E-state index is 0.408. The smallest absolute Gasteiger partial charge is 0.191 e. The van der Waals surface area contributed by atoms with E-state index in [4.69, 9.17) is 5.73 Å². The standard InChI is InChI=1S/C14H15N5S/c1-19-13(8-15)17-18-14(19)20-9-10-4-5-12-11(7-10)3-2-6-16-12/h2-7H,8-9,15H2,1H3. The van der Waals surface area contributed by atoms with E-state index >= 15 is 0 Å². The second-order valence-electron chi connectivity index (χ2n) is 4.48. The number of benzene rings is 1. The summed E-state index contributed by atoms with van der Waals surface area (Å²) in [6, 6.07) is 10.3. The minimum Gasteiger partial charge on any atom is -0.324 e. The number of nitrogens with zero attached hydrogens (tertiary/aromatic N) is 4. The lowest BCUT2D eigenvalue weighted by molar-refractivity contribution is 0.734. The van der Waals surface area contributed by atoms with E-state index in [1.165, 1.54) is 5.56 Å². The quantitative estimate of drug-likeness (QED) is 0.744. The van der Waals surface area contributed by atoms with Crippen molar-refractivity contribution in [3.63, 3.8) is 0 Å². The second-order valence-corrected chi connectivity index (χ2v) is 5.42. The van der Waals surface area contributed by atoms with Crippen molar-refractivity contribution in [2.45, 2.75) is 17.5 Å². The number of nitrogens with two attached hydrogens (primary N) is 1. The van der Waals surface area contributed by atoms with Gasteiger partial charge in [0.05, 0.1) is 12.1 Å². The predicted octanol–water partition coefficient (Wildman–Crippen LogP) is 2.11. The number of thioether (sulfide) groups is 1. The molecule has 20 heavy (non-hydrogen) atoms. The Morgan fingerprint density at radius 2 is 2.15 bits per heavy atom. The maximum Gasteiger partial charge on any atom is 0.191 e. The fourth-order valence-electron chi connectivity index (χ4n) is 2.01.